The second kappa shape index (κ2) is 4.45. The largest absolute Gasteiger partial charge is 0.393 e. The standard InChI is InChI=1S/C12H26O/c1-7-12(6,8-2)10(13)9-11(3,4)5/h10,13H,7-9H2,1-6H3. The van der Waals surface area contributed by atoms with Crippen molar-refractivity contribution in [2.24, 2.45) is 10.8 Å². The van der Waals surface area contributed by atoms with E-state index in [-0.39, 0.29) is 16.9 Å². The fraction of sp³-hybridized carbons (Fsp3) is 1.00. The van der Waals surface area contributed by atoms with E-state index in [9.17, 15) is 5.11 Å². The number of rotatable bonds is 4. The molecule has 1 atom stereocenters. The van der Waals surface area contributed by atoms with Crippen molar-refractivity contribution in [2.45, 2.75) is 66.9 Å². The van der Waals surface area contributed by atoms with Crippen molar-refractivity contribution in [3.8, 4) is 0 Å². The third kappa shape index (κ3) is 4.12. The third-order valence-electron chi connectivity index (χ3n) is 3.23. The lowest BCUT2D eigenvalue weighted by molar-refractivity contribution is 0.00179. The molecule has 0 aliphatic carbocycles. The Morgan fingerprint density at radius 1 is 1.00 bits per heavy atom. The van der Waals surface area contributed by atoms with Gasteiger partial charge >= 0.3 is 0 Å². The van der Waals surface area contributed by atoms with E-state index in [2.05, 4.69) is 41.5 Å². The van der Waals surface area contributed by atoms with Crippen molar-refractivity contribution < 1.29 is 5.11 Å². The first-order valence-electron chi connectivity index (χ1n) is 5.43. The van der Waals surface area contributed by atoms with Crippen LogP contribution in [-0.4, -0.2) is 11.2 Å². The van der Waals surface area contributed by atoms with Gasteiger partial charge in [-0.3, -0.25) is 0 Å². The van der Waals surface area contributed by atoms with Crippen molar-refractivity contribution in [2.75, 3.05) is 0 Å². The second-order valence-corrected chi connectivity index (χ2v) is 5.64. The third-order valence-corrected chi connectivity index (χ3v) is 3.23. The van der Waals surface area contributed by atoms with Gasteiger partial charge in [-0.15, -0.1) is 0 Å². The molecule has 0 aromatic carbocycles. The van der Waals surface area contributed by atoms with Gasteiger partial charge < -0.3 is 5.11 Å². The highest BCUT2D eigenvalue weighted by atomic mass is 16.3. The van der Waals surface area contributed by atoms with E-state index >= 15 is 0 Å². The average molecular weight is 186 g/mol. The van der Waals surface area contributed by atoms with Crippen molar-refractivity contribution in [1.82, 2.24) is 0 Å². The molecule has 0 spiro atoms. The molecule has 1 heteroatoms. The minimum absolute atomic E-state index is 0.104. The van der Waals surface area contributed by atoms with Gasteiger partial charge in [0, 0.05) is 0 Å². The molecule has 80 valence electrons. The maximum Gasteiger partial charge on any atom is 0.0598 e. The lowest BCUT2D eigenvalue weighted by atomic mass is 9.73. The predicted octanol–water partition coefficient (Wildman–Crippen LogP) is 3.61. The Morgan fingerprint density at radius 2 is 1.38 bits per heavy atom. The molecule has 0 bridgehead atoms. The molecular formula is C12H26O. The van der Waals surface area contributed by atoms with Gasteiger partial charge in [0.1, 0.15) is 0 Å². The highest BCUT2D eigenvalue weighted by Crippen LogP contribution is 2.35. The smallest absolute Gasteiger partial charge is 0.0598 e. The topological polar surface area (TPSA) is 20.2 Å². The van der Waals surface area contributed by atoms with Gasteiger partial charge in [-0.25, -0.2) is 0 Å². The second-order valence-electron chi connectivity index (χ2n) is 5.64. The van der Waals surface area contributed by atoms with Crippen LogP contribution in [0.5, 0.6) is 0 Å². The Labute approximate surface area is 83.5 Å². The number of hydrogen-bond acceptors (Lipinski definition) is 1. The molecule has 0 rings (SSSR count). The molecule has 0 aromatic rings. The summed E-state index contributed by atoms with van der Waals surface area (Å²) in [6.45, 7) is 13.1. The van der Waals surface area contributed by atoms with Gasteiger partial charge in [-0.2, -0.15) is 0 Å². The normalized spacial score (nSPS) is 15.9. The van der Waals surface area contributed by atoms with Crippen LogP contribution in [0.1, 0.15) is 60.8 Å². The van der Waals surface area contributed by atoms with E-state index in [1.54, 1.807) is 0 Å². The molecule has 1 unspecified atom stereocenters. The molecule has 0 aromatic heterocycles. The number of aliphatic hydroxyl groups is 1. The molecule has 0 saturated carbocycles. The zero-order chi connectivity index (χ0) is 10.7. The summed E-state index contributed by atoms with van der Waals surface area (Å²) in [4.78, 5) is 0. The fourth-order valence-corrected chi connectivity index (χ4v) is 1.55. The highest BCUT2D eigenvalue weighted by Gasteiger charge is 2.31. The van der Waals surface area contributed by atoms with E-state index in [1.165, 1.54) is 0 Å². The minimum Gasteiger partial charge on any atom is -0.393 e. The van der Waals surface area contributed by atoms with Crippen LogP contribution in [0.4, 0.5) is 0 Å². The van der Waals surface area contributed by atoms with Crippen LogP contribution in [0.2, 0.25) is 0 Å². The molecule has 1 nitrogen and oxygen atoms in total. The first kappa shape index (κ1) is 13.0. The van der Waals surface area contributed by atoms with E-state index in [0.29, 0.717) is 0 Å². The lowest BCUT2D eigenvalue weighted by Gasteiger charge is -2.36. The maximum atomic E-state index is 10.1. The zero-order valence-corrected chi connectivity index (χ0v) is 10.1. The number of aliphatic hydroxyl groups excluding tert-OH is 1. The Hall–Kier alpha value is -0.0400. The molecule has 0 aliphatic rings. The van der Waals surface area contributed by atoms with Crippen molar-refractivity contribution in [3.63, 3.8) is 0 Å². The SMILES string of the molecule is CCC(C)(CC)C(O)CC(C)(C)C. The van der Waals surface area contributed by atoms with Crippen molar-refractivity contribution in [1.29, 1.82) is 0 Å². The van der Waals surface area contributed by atoms with Gasteiger partial charge in [-0.1, -0.05) is 41.5 Å². The van der Waals surface area contributed by atoms with E-state index in [4.69, 9.17) is 0 Å². The number of hydrogen-bond donors (Lipinski definition) is 1. The lowest BCUT2D eigenvalue weighted by Crippen LogP contribution is -2.34. The van der Waals surface area contributed by atoms with Gasteiger partial charge in [0.05, 0.1) is 6.10 Å². The monoisotopic (exact) mass is 186 g/mol. The van der Waals surface area contributed by atoms with E-state index < -0.39 is 0 Å². The summed E-state index contributed by atoms with van der Waals surface area (Å²) in [5, 5.41) is 10.1. The van der Waals surface area contributed by atoms with Crippen LogP contribution in [0, 0.1) is 10.8 Å². The Morgan fingerprint density at radius 3 is 1.62 bits per heavy atom. The van der Waals surface area contributed by atoms with Crippen LogP contribution in [-0.2, 0) is 0 Å². The van der Waals surface area contributed by atoms with Crippen molar-refractivity contribution >= 4 is 0 Å². The van der Waals surface area contributed by atoms with Crippen molar-refractivity contribution in [3.05, 3.63) is 0 Å². The minimum atomic E-state index is -0.164. The summed E-state index contributed by atoms with van der Waals surface area (Å²) >= 11 is 0. The first-order valence-corrected chi connectivity index (χ1v) is 5.43. The van der Waals surface area contributed by atoms with Gasteiger partial charge in [0.2, 0.25) is 0 Å². The summed E-state index contributed by atoms with van der Waals surface area (Å²) in [6.07, 6.45) is 2.84. The van der Waals surface area contributed by atoms with E-state index in [1.807, 2.05) is 0 Å². The summed E-state index contributed by atoms with van der Waals surface area (Å²) in [7, 11) is 0. The zero-order valence-electron chi connectivity index (χ0n) is 10.1. The van der Waals surface area contributed by atoms with Crippen LogP contribution in [0.25, 0.3) is 0 Å². The quantitative estimate of drug-likeness (QED) is 0.711. The van der Waals surface area contributed by atoms with Gasteiger partial charge in [-0.05, 0) is 30.1 Å². The maximum absolute atomic E-state index is 10.1. The highest BCUT2D eigenvalue weighted by molar-refractivity contribution is 4.83. The van der Waals surface area contributed by atoms with E-state index in [0.717, 1.165) is 19.3 Å². The summed E-state index contributed by atoms with van der Waals surface area (Å²) in [5.74, 6) is 0. The van der Waals surface area contributed by atoms with Crippen LogP contribution >= 0.6 is 0 Å². The van der Waals surface area contributed by atoms with Gasteiger partial charge in [0.25, 0.3) is 0 Å². The molecule has 13 heavy (non-hydrogen) atoms. The van der Waals surface area contributed by atoms with Crippen LogP contribution in [0.15, 0.2) is 0 Å². The summed E-state index contributed by atoms with van der Waals surface area (Å²) in [5.41, 5.74) is 0.332. The molecular weight excluding hydrogens is 160 g/mol. The first-order chi connectivity index (χ1) is 5.75. The Balaban J connectivity index is 4.31. The Bertz CT molecular complexity index is 140. The Kier molecular flexibility index (Phi) is 4.44. The molecule has 0 fully saturated rings. The molecule has 0 saturated heterocycles. The van der Waals surface area contributed by atoms with Crippen LogP contribution < -0.4 is 0 Å². The van der Waals surface area contributed by atoms with Crippen LogP contribution in [0.3, 0.4) is 0 Å². The average Bonchev–Trinajstić information content (AvgIpc) is 2.00. The molecule has 0 aliphatic heterocycles. The van der Waals surface area contributed by atoms with Gasteiger partial charge in [0.15, 0.2) is 0 Å². The molecule has 0 amide bonds. The predicted molar refractivity (Wildman–Crippen MR) is 58.8 cm³/mol. The summed E-state index contributed by atoms with van der Waals surface area (Å²) in [6, 6.07) is 0. The molecule has 0 radical (unpaired) electrons. The molecule has 1 N–H and O–H groups in total. The summed E-state index contributed by atoms with van der Waals surface area (Å²) < 4.78 is 0. The fourth-order valence-electron chi connectivity index (χ4n) is 1.55. The molecule has 0 heterocycles.